The first kappa shape index (κ1) is 19.0. The Morgan fingerprint density at radius 3 is 2.73 bits per heavy atom. The lowest BCUT2D eigenvalue weighted by Crippen LogP contribution is -2.45. The summed E-state index contributed by atoms with van der Waals surface area (Å²) in [5, 5.41) is 10.3. The highest BCUT2D eigenvalue weighted by Gasteiger charge is 2.34. The van der Waals surface area contributed by atoms with Crippen LogP contribution < -0.4 is 4.90 Å². The lowest BCUT2D eigenvalue weighted by molar-refractivity contribution is 0.395. The van der Waals surface area contributed by atoms with Crippen molar-refractivity contribution in [2.75, 3.05) is 11.9 Å². The standard InChI is InChI=1S/C22H22BrClN2/c1-14-12-22(2,3)26(4)21-11-20(24)16(10-19(14)21)8-17(13-25)15-6-5-7-18(23)9-15/h5-11,14H,12H2,1-4H3/b17-8-/t14-/m0/s1. The minimum Gasteiger partial charge on any atom is -0.369 e. The van der Waals surface area contributed by atoms with E-state index in [1.165, 1.54) is 11.3 Å². The fraction of sp³-hybridized carbons (Fsp3) is 0.318. The molecule has 0 bridgehead atoms. The van der Waals surface area contributed by atoms with Crippen molar-refractivity contribution in [3.05, 3.63) is 62.6 Å². The van der Waals surface area contributed by atoms with Gasteiger partial charge in [-0.15, -0.1) is 0 Å². The largest absolute Gasteiger partial charge is 0.369 e. The highest BCUT2D eigenvalue weighted by atomic mass is 79.9. The average Bonchev–Trinajstić information content (AvgIpc) is 2.58. The maximum atomic E-state index is 9.64. The molecule has 1 aliphatic rings. The molecule has 26 heavy (non-hydrogen) atoms. The van der Waals surface area contributed by atoms with Crippen LogP contribution in [0.1, 0.15) is 49.8 Å². The molecular formula is C22H22BrClN2. The van der Waals surface area contributed by atoms with Gasteiger partial charge < -0.3 is 4.90 Å². The summed E-state index contributed by atoms with van der Waals surface area (Å²) >= 11 is 10.1. The quantitative estimate of drug-likeness (QED) is 0.384. The van der Waals surface area contributed by atoms with Gasteiger partial charge in [-0.1, -0.05) is 46.6 Å². The van der Waals surface area contributed by atoms with Gasteiger partial charge in [0.15, 0.2) is 0 Å². The first-order valence-corrected chi connectivity index (χ1v) is 9.85. The van der Waals surface area contributed by atoms with Crippen LogP contribution in [-0.2, 0) is 0 Å². The van der Waals surface area contributed by atoms with Crippen molar-refractivity contribution in [3.63, 3.8) is 0 Å². The molecule has 1 atom stereocenters. The second kappa shape index (κ2) is 7.10. The van der Waals surface area contributed by atoms with Crippen molar-refractivity contribution >= 4 is 44.9 Å². The number of rotatable bonds is 2. The van der Waals surface area contributed by atoms with Crippen LogP contribution >= 0.6 is 27.5 Å². The zero-order chi connectivity index (χ0) is 19.1. The fourth-order valence-corrected chi connectivity index (χ4v) is 4.32. The Kier molecular flexibility index (Phi) is 5.19. The molecule has 0 aliphatic carbocycles. The smallest absolute Gasteiger partial charge is 0.0998 e. The summed E-state index contributed by atoms with van der Waals surface area (Å²) < 4.78 is 0.949. The summed E-state index contributed by atoms with van der Waals surface area (Å²) in [5.74, 6) is 0.442. The molecule has 2 aromatic carbocycles. The van der Waals surface area contributed by atoms with Gasteiger partial charge >= 0.3 is 0 Å². The van der Waals surface area contributed by atoms with E-state index in [0.717, 1.165) is 22.0 Å². The van der Waals surface area contributed by atoms with Gasteiger partial charge in [0.2, 0.25) is 0 Å². The van der Waals surface area contributed by atoms with Gasteiger partial charge in [-0.3, -0.25) is 0 Å². The third-order valence-corrected chi connectivity index (χ3v) is 6.13. The van der Waals surface area contributed by atoms with Crippen LogP contribution in [0.15, 0.2) is 40.9 Å². The third-order valence-electron chi connectivity index (χ3n) is 5.31. The van der Waals surface area contributed by atoms with Crippen LogP contribution in [-0.4, -0.2) is 12.6 Å². The van der Waals surface area contributed by atoms with Gasteiger partial charge in [0, 0.05) is 27.8 Å². The van der Waals surface area contributed by atoms with Crippen molar-refractivity contribution in [2.24, 2.45) is 0 Å². The van der Waals surface area contributed by atoms with E-state index in [-0.39, 0.29) is 5.54 Å². The normalized spacial score (nSPS) is 19.0. The van der Waals surface area contributed by atoms with E-state index in [4.69, 9.17) is 11.6 Å². The van der Waals surface area contributed by atoms with Crippen molar-refractivity contribution in [3.8, 4) is 6.07 Å². The molecule has 3 rings (SSSR count). The molecule has 134 valence electrons. The predicted octanol–water partition coefficient (Wildman–Crippen LogP) is 6.89. The molecule has 0 aromatic heterocycles. The number of fused-ring (bicyclic) bond motifs is 1. The van der Waals surface area contributed by atoms with Crippen LogP contribution in [0.25, 0.3) is 11.6 Å². The molecular weight excluding hydrogens is 408 g/mol. The number of hydrogen-bond donors (Lipinski definition) is 0. The second-order valence-electron chi connectivity index (χ2n) is 7.59. The van der Waals surface area contributed by atoms with E-state index in [1.54, 1.807) is 0 Å². The Morgan fingerprint density at radius 2 is 2.08 bits per heavy atom. The number of nitrogens with zero attached hydrogens (tertiary/aromatic N) is 2. The van der Waals surface area contributed by atoms with E-state index in [0.29, 0.717) is 16.5 Å². The Bertz CT molecular complexity index is 924. The predicted molar refractivity (Wildman–Crippen MR) is 115 cm³/mol. The molecule has 0 saturated carbocycles. The maximum Gasteiger partial charge on any atom is 0.0998 e. The van der Waals surface area contributed by atoms with Crippen LogP contribution in [0.5, 0.6) is 0 Å². The van der Waals surface area contributed by atoms with Crippen molar-refractivity contribution in [1.29, 1.82) is 5.26 Å². The number of nitriles is 1. The molecule has 0 unspecified atom stereocenters. The number of hydrogen-bond acceptors (Lipinski definition) is 2. The highest BCUT2D eigenvalue weighted by molar-refractivity contribution is 9.10. The Hall–Kier alpha value is -1.76. The molecule has 1 aliphatic heterocycles. The van der Waals surface area contributed by atoms with Gasteiger partial charge in [0.1, 0.15) is 0 Å². The Morgan fingerprint density at radius 1 is 1.35 bits per heavy atom. The van der Waals surface area contributed by atoms with Crippen molar-refractivity contribution in [1.82, 2.24) is 0 Å². The fourth-order valence-electron chi connectivity index (χ4n) is 3.71. The summed E-state index contributed by atoms with van der Waals surface area (Å²) in [6, 6.07) is 14.2. The molecule has 0 fully saturated rings. The van der Waals surface area contributed by atoms with Crippen molar-refractivity contribution < 1.29 is 0 Å². The molecule has 1 heterocycles. The molecule has 4 heteroatoms. The second-order valence-corrected chi connectivity index (χ2v) is 8.91. The van der Waals surface area contributed by atoms with Crippen molar-refractivity contribution in [2.45, 2.75) is 38.6 Å². The lowest BCUT2D eigenvalue weighted by atomic mass is 9.80. The van der Waals surface area contributed by atoms with Gasteiger partial charge in [-0.2, -0.15) is 5.26 Å². The number of anilines is 1. The number of halogens is 2. The van der Waals surface area contributed by atoms with Crippen LogP contribution in [0.3, 0.4) is 0 Å². The van der Waals surface area contributed by atoms with Gasteiger partial charge in [-0.05, 0) is 73.2 Å². The summed E-state index contributed by atoms with van der Waals surface area (Å²) in [6.45, 7) is 6.78. The highest BCUT2D eigenvalue weighted by Crippen LogP contribution is 2.44. The topological polar surface area (TPSA) is 27.0 Å². The van der Waals surface area contributed by atoms with Crippen LogP contribution in [0.2, 0.25) is 5.02 Å². The van der Waals surface area contributed by atoms with E-state index in [2.05, 4.69) is 60.8 Å². The van der Waals surface area contributed by atoms with Gasteiger partial charge in [0.25, 0.3) is 0 Å². The lowest BCUT2D eigenvalue weighted by Gasteiger charge is -2.45. The van der Waals surface area contributed by atoms with E-state index < -0.39 is 0 Å². The minimum absolute atomic E-state index is 0.0984. The van der Waals surface area contributed by atoms with Gasteiger partial charge in [-0.25, -0.2) is 0 Å². The zero-order valence-electron chi connectivity index (χ0n) is 15.5. The van der Waals surface area contributed by atoms with E-state index >= 15 is 0 Å². The Labute approximate surface area is 169 Å². The molecule has 0 amide bonds. The number of allylic oxidation sites excluding steroid dienone is 1. The summed E-state index contributed by atoms with van der Waals surface area (Å²) in [4.78, 5) is 2.31. The SMILES string of the molecule is C[C@H]1CC(C)(C)N(C)c2cc(Cl)c(/C=C(/C#N)c3cccc(Br)c3)cc21. The first-order valence-electron chi connectivity index (χ1n) is 8.68. The Balaban J connectivity index is 2.10. The summed E-state index contributed by atoms with van der Waals surface area (Å²) in [7, 11) is 2.12. The van der Waals surface area contributed by atoms with E-state index in [9.17, 15) is 5.26 Å². The summed E-state index contributed by atoms with van der Waals surface area (Å²) in [5.41, 5.74) is 4.93. The molecule has 0 N–H and O–H groups in total. The molecule has 0 radical (unpaired) electrons. The molecule has 0 spiro atoms. The van der Waals surface area contributed by atoms with Crippen LogP contribution in [0.4, 0.5) is 5.69 Å². The van der Waals surface area contributed by atoms with Crippen LogP contribution in [0, 0.1) is 11.3 Å². The maximum absolute atomic E-state index is 9.64. The third kappa shape index (κ3) is 3.54. The van der Waals surface area contributed by atoms with E-state index in [1.807, 2.05) is 36.4 Å². The van der Waals surface area contributed by atoms with Gasteiger partial charge in [0.05, 0.1) is 11.6 Å². The first-order chi connectivity index (χ1) is 12.2. The average molecular weight is 430 g/mol. The minimum atomic E-state index is 0.0984. The molecule has 2 aromatic rings. The summed E-state index contributed by atoms with van der Waals surface area (Å²) in [6.07, 6.45) is 2.97. The zero-order valence-corrected chi connectivity index (χ0v) is 17.8. The molecule has 2 nitrogen and oxygen atoms in total. The monoisotopic (exact) mass is 428 g/mol. The number of benzene rings is 2. The molecule has 0 saturated heterocycles.